The SMILES string of the molecule is CC1CN(C)CC1NC1CCCOC1. The predicted octanol–water partition coefficient (Wildman–Crippen LogP) is 0.705. The van der Waals surface area contributed by atoms with Crippen LogP contribution >= 0.6 is 0 Å². The van der Waals surface area contributed by atoms with Gasteiger partial charge in [0.25, 0.3) is 0 Å². The molecule has 2 fully saturated rings. The Morgan fingerprint density at radius 1 is 1.36 bits per heavy atom. The number of likely N-dealkylation sites (N-methyl/N-ethyl adjacent to an activating group) is 1. The van der Waals surface area contributed by atoms with Crippen LogP contribution in [-0.4, -0.2) is 50.3 Å². The molecule has 1 N–H and O–H groups in total. The Hall–Kier alpha value is -0.120. The van der Waals surface area contributed by atoms with Gasteiger partial charge in [-0.15, -0.1) is 0 Å². The Labute approximate surface area is 86.8 Å². The van der Waals surface area contributed by atoms with Crippen molar-refractivity contribution in [3.05, 3.63) is 0 Å². The Morgan fingerprint density at radius 3 is 2.79 bits per heavy atom. The molecule has 2 heterocycles. The molecule has 3 heteroatoms. The van der Waals surface area contributed by atoms with Crippen molar-refractivity contribution in [2.24, 2.45) is 5.92 Å². The van der Waals surface area contributed by atoms with Crippen molar-refractivity contribution in [2.75, 3.05) is 33.4 Å². The lowest BCUT2D eigenvalue weighted by Crippen LogP contribution is -2.46. The maximum atomic E-state index is 5.48. The predicted molar refractivity (Wildman–Crippen MR) is 57.4 cm³/mol. The average molecular weight is 198 g/mol. The van der Waals surface area contributed by atoms with Gasteiger partial charge >= 0.3 is 0 Å². The molecule has 0 aromatic rings. The summed E-state index contributed by atoms with van der Waals surface area (Å²) >= 11 is 0. The van der Waals surface area contributed by atoms with Crippen LogP contribution in [0.15, 0.2) is 0 Å². The number of hydrogen-bond acceptors (Lipinski definition) is 3. The van der Waals surface area contributed by atoms with Gasteiger partial charge in [0.05, 0.1) is 6.61 Å². The molecule has 0 aromatic heterocycles. The Bertz CT molecular complexity index is 180. The van der Waals surface area contributed by atoms with Gasteiger partial charge in [0.2, 0.25) is 0 Å². The highest BCUT2D eigenvalue weighted by Crippen LogP contribution is 2.16. The first-order chi connectivity index (χ1) is 6.75. The van der Waals surface area contributed by atoms with Crippen LogP contribution in [0, 0.1) is 5.92 Å². The monoisotopic (exact) mass is 198 g/mol. The minimum Gasteiger partial charge on any atom is -0.380 e. The van der Waals surface area contributed by atoms with Crippen molar-refractivity contribution in [3.8, 4) is 0 Å². The number of nitrogens with zero attached hydrogens (tertiary/aromatic N) is 1. The van der Waals surface area contributed by atoms with Gasteiger partial charge in [-0.05, 0) is 25.8 Å². The van der Waals surface area contributed by atoms with E-state index < -0.39 is 0 Å². The molecule has 3 unspecified atom stereocenters. The summed E-state index contributed by atoms with van der Waals surface area (Å²) in [5.41, 5.74) is 0. The number of likely N-dealkylation sites (tertiary alicyclic amines) is 1. The van der Waals surface area contributed by atoms with Crippen LogP contribution in [0.25, 0.3) is 0 Å². The lowest BCUT2D eigenvalue weighted by Gasteiger charge is -2.28. The topological polar surface area (TPSA) is 24.5 Å². The Balaban J connectivity index is 1.78. The van der Waals surface area contributed by atoms with Crippen LogP contribution in [0.5, 0.6) is 0 Å². The van der Waals surface area contributed by atoms with Crippen LogP contribution in [0.1, 0.15) is 19.8 Å². The van der Waals surface area contributed by atoms with Crippen LogP contribution in [-0.2, 0) is 4.74 Å². The van der Waals surface area contributed by atoms with Crippen molar-refractivity contribution in [1.82, 2.24) is 10.2 Å². The second-order valence-corrected chi connectivity index (χ2v) is 4.89. The third-order valence-corrected chi connectivity index (χ3v) is 3.40. The number of nitrogens with one attached hydrogen (secondary N) is 1. The standard InChI is InChI=1S/C11H22N2O/c1-9-6-13(2)7-11(9)12-10-4-3-5-14-8-10/h9-12H,3-8H2,1-2H3. The summed E-state index contributed by atoms with van der Waals surface area (Å²) in [6, 6.07) is 1.27. The summed E-state index contributed by atoms with van der Waals surface area (Å²) in [5.74, 6) is 0.780. The van der Waals surface area contributed by atoms with Crippen molar-refractivity contribution in [3.63, 3.8) is 0 Å². The first-order valence-corrected chi connectivity index (χ1v) is 5.78. The molecule has 0 amide bonds. The molecule has 2 aliphatic heterocycles. The molecule has 0 radical (unpaired) electrons. The van der Waals surface area contributed by atoms with Gasteiger partial charge in [0.1, 0.15) is 0 Å². The lowest BCUT2D eigenvalue weighted by atomic mass is 10.0. The molecule has 0 saturated carbocycles. The van der Waals surface area contributed by atoms with E-state index in [1.54, 1.807) is 0 Å². The van der Waals surface area contributed by atoms with E-state index in [9.17, 15) is 0 Å². The zero-order valence-electron chi connectivity index (χ0n) is 9.33. The largest absolute Gasteiger partial charge is 0.380 e. The molecule has 14 heavy (non-hydrogen) atoms. The molecule has 0 bridgehead atoms. The van der Waals surface area contributed by atoms with E-state index in [1.807, 2.05) is 0 Å². The highest BCUT2D eigenvalue weighted by atomic mass is 16.5. The second kappa shape index (κ2) is 4.60. The van der Waals surface area contributed by atoms with Crippen molar-refractivity contribution >= 4 is 0 Å². The summed E-state index contributed by atoms with van der Waals surface area (Å²) in [5, 5.41) is 3.73. The fraction of sp³-hybridized carbons (Fsp3) is 1.00. The molecular weight excluding hydrogens is 176 g/mol. The molecule has 3 nitrogen and oxygen atoms in total. The summed E-state index contributed by atoms with van der Waals surface area (Å²) in [6.07, 6.45) is 2.50. The average Bonchev–Trinajstić information content (AvgIpc) is 2.47. The van der Waals surface area contributed by atoms with E-state index in [1.165, 1.54) is 25.9 Å². The Morgan fingerprint density at radius 2 is 2.21 bits per heavy atom. The molecule has 82 valence electrons. The molecular formula is C11H22N2O. The summed E-state index contributed by atoms with van der Waals surface area (Å²) in [7, 11) is 2.20. The van der Waals surface area contributed by atoms with Crippen molar-refractivity contribution in [1.29, 1.82) is 0 Å². The van der Waals surface area contributed by atoms with Crippen molar-refractivity contribution < 1.29 is 4.74 Å². The first-order valence-electron chi connectivity index (χ1n) is 5.78. The minimum atomic E-state index is 0.600. The number of hydrogen-bond donors (Lipinski definition) is 1. The zero-order chi connectivity index (χ0) is 9.97. The summed E-state index contributed by atoms with van der Waals surface area (Å²) in [4.78, 5) is 2.41. The normalized spacial score (nSPS) is 40.3. The molecule has 2 aliphatic rings. The Kier molecular flexibility index (Phi) is 3.42. The highest BCUT2D eigenvalue weighted by Gasteiger charge is 2.29. The van der Waals surface area contributed by atoms with Gasteiger partial charge in [-0.3, -0.25) is 0 Å². The van der Waals surface area contributed by atoms with E-state index in [0.29, 0.717) is 12.1 Å². The van der Waals surface area contributed by atoms with Crippen LogP contribution < -0.4 is 5.32 Å². The smallest absolute Gasteiger partial charge is 0.0619 e. The maximum absolute atomic E-state index is 5.48. The lowest BCUT2D eigenvalue weighted by molar-refractivity contribution is 0.0652. The molecule has 2 rings (SSSR count). The zero-order valence-corrected chi connectivity index (χ0v) is 9.33. The number of ether oxygens (including phenoxy) is 1. The molecule has 0 aromatic carbocycles. The molecule has 2 saturated heterocycles. The van der Waals surface area contributed by atoms with Crippen LogP contribution in [0.4, 0.5) is 0 Å². The van der Waals surface area contributed by atoms with E-state index in [0.717, 1.165) is 19.1 Å². The van der Waals surface area contributed by atoms with E-state index in [4.69, 9.17) is 4.74 Å². The summed E-state index contributed by atoms with van der Waals surface area (Å²) < 4.78 is 5.48. The van der Waals surface area contributed by atoms with Gasteiger partial charge in [0, 0.05) is 31.8 Å². The second-order valence-electron chi connectivity index (χ2n) is 4.89. The third kappa shape index (κ3) is 2.47. The summed E-state index contributed by atoms with van der Waals surface area (Å²) in [6.45, 7) is 6.62. The minimum absolute atomic E-state index is 0.600. The molecule has 0 aliphatic carbocycles. The fourth-order valence-corrected chi connectivity index (χ4v) is 2.60. The third-order valence-electron chi connectivity index (χ3n) is 3.40. The highest BCUT2D eigenvalue weighted by molar-refractivity contribution is 4.88. The van der Waals surface area contributed by atoms with Gasteiger partial charge in [-0.1, -0.05) is 6.92 Å². The van der Waals surface area contributed by atoms with Gasteiger partial charge in [-0.2, -0.15) is 0 Å². The van der Waals surface area contributed by atoms with Gasteiger partial charge in [0.15, 0.2) is 0 Å². The van der Waals surface area contributed by atoms with Crippen LogP contribution in [0.3, 0.4) is 0 Å². The number of rotatable bonds is 2. The van der Waals surface area contributed by atoms with Crippen molar-refractivity contribution in [2.45, 2.75) is 31.8 Å². The fourth-order valence-electron chi connectivity index (χ4n) is 2.60. The van der Waals surface area contributed by atoms with E-state index >= 15 is 0 Å². The van der Waals surface area contributed by atoms with E-state index in [-0.39, 0.29) is 0 Å². The quantitative estimate of drug-likeness (QED) is 0.707. The van der Waals surface area contributed by atoms with Gasteiger partial charge < -0.3 is 15.0 Å². The maximum Gasteiger partial charge on any atom is 0.0619 e. The molecule has 3 atom stereocenters. The van der Waals surface area contributed by atoms with Gasteiger partial charge in [-0.25, -0.2) is 0 Å². The first kappa shape index (κ1) is 10.4. The van der Waals surface area contributed by atoms with E-state index in [2.05, 4.69) is 24.2 Å². The molecule has 0 spiro atoms. The van der Waals surface area contributed by atoms with Crippen LogP contribution in [0.2, 0.25) is 0 Å².